The van der Waals surface area contributed by atoms with Crippen molar-refractivity contribution in [2.75, 3.05) is 0 Å². The number of unbranched alkanes of at least 4 members (excludes halogenated alkanes) is 1. The van der Waals surface area contributed by atoms with Gasteiger partial charge in [0.2, 0.25) is 0 Å². The molecule has 0 radical (unpaired) electrons. The van der Waals surface area contributed by atoms with Crippen molar-refractivity contribution in [1.29, 1.82) is 0 Å². The van der Waals surface area contributed by atoms with E-state index in [-0.39, 0.29) is 0 Å². The van der Waals surface area contributed by atoms with E-state index in [1.165, 1.54) is 51.4 Å². The second kappa shape index (κ2) is 8.08. The molecule has 0 saturated carbocycles. The maximum atomic E-state index is 3.92. The lowest BCUT2D eigenvalue weighted by Crippen LogP contribution is -2.19. The first-order valence-corrected chi connectivity index (χ1v) is 6.35. The Morgan fingerprint density at radius 3 is 1.86 bits per heavy atom. The molecule has 0 N–H and O–H groups in total. The molecule has 0 fully saturated rings. The monoisotopic (exact) mass is 196 g/mol. The van der Waals surface area contributed by atoms with Crippen molar-refractivity contribution < 1.29 is 0 Å². The Balaban J connectivity index is 4.28. The van der Waals surface area contributed by atoms with Crippen molar-refractivity contribution in [1.82, 2.24) is 0 Å². The van der Waals surface area contributed by atoms with Crippen molar-refractivity contribution >= 4 is 0 Å². The zero-order valence-electron chi connectivity index (χ0n) is 10.4. The van der Waals surface area contributed by atoms with Crippen LogP contribution in [-0.2, 0) is 0 Å². The summed E-state index contributed by atoms with van der Waals surface area (Å²) in [4.78, 5) is 0. The average molecular weight is 196 g/mol. The van der Waals surface area contributed by atoms with E-state index >= 15 is 0 Å². The van der Waals surface area contributed by atoms with Crippen LogP contribution in [-0.4, -0.2) is 0 Å². The van der Waals surface area contributed by atoms with E-state index in [1.54, 1.807) is 0 Å². The summed E-state index contributed by atoms with van der Waals surface area (Å²) in [6, 6.07) is 0. The molecule has 0 aromatic carbocycles. The molecule has 0 spiro atoms. The predicted octanol–water partition coefficient (Wildman–Crippen LogP) is 5.34. The van der Waals surface area contributed by atoms with Crippen LogP contribution in [0.25, 0.3) is 0 Å². The molecular weight excluding hydrogens is 168 g/mol. The molecule has 0 heterocycles. The minimum atomic E-state index is 0.585. The summed E-state index contributed by atoms with van der Waals surface area (Å²) in [6.45, 7) is 10.8. The summed E-state index contributed by atoms with van der Waals surface area (Å²) in [7, 11) is 0. The Kier molecular flexibility index (Phi) is 7.93. The van der Waals surface area contributed by atoms with Gasteiger partial charge in [-0.1, -0.05) is 52.5 Å². The Morgan fingerprint density at radius 2 is 1.50 bits per heavy atom. The predicted molar refractivity (Wildman–Crippen MR) is 66.6 cm³/mol. The van der Waals surface area contributed by atoms with Crippen molar-refractivity contribution in [3.63, 3.8) is 0 Å². The fourth-order valence-corrected chi connectivity index (χ4v) is 2.60. The normalized spacial score (nSPS) is 11.6. The number of hydrogen-bond acceptors (Lipinski definition) is 0. The summed E-state index contributed by atoms with van der Waals surface area (Å²) in [5, 5.41) is 0. The maximum Gasteiger partial charge on any atom is -0.0263 e. The summed E-state index contributed by atoms with van der Waals surface area (Å²) < 4.78 is 0. The molecule has 0 aliphatic rings. The van der Waals surface area contributed by atoms with E-state index in [0.717, 1.165) is 0 Å². The highest BCUT2D eigenvalue weighted by Crippen LogP contribution is 2.39. The van der Waals surface area contributed by atoms with Crippen molar-refractivity contribution in [3.8, 4) is 0 Å². The lowest BCUT2D eigenvalue weighted by Gasteiger charge is -2.32. The summed E-state index contributed by atoms with van der Waals surface area (Å²) >= 11 is 0. The molecule has 0 heteroatoms. The molecule has 0 nitrogen and oxygen atoms in total. The first-order valence-electron chi connectivity index (χ1n) is 6.35. The molecule has 0 amide bonds. The molecule has 0 aromatic heterocycles. The Bertz CT molecular complexity index is 129. The van der Waals surface area contributed by atoms with Crippen LogP contribution in [0.1, 0.15) is 72.1 Å². The van der Waals surface area contributed by atoms with E-state index < -0.39 is 0 Å². The summed E-state index contributed by atoms with van der Waals surface area (Å²) in [5.41, 5.74) is 0.585. The molecule has 0 atom stereocenters. The van der Waals surface area contributed by atoms with E-state index in [9.17, 15) is 0 Å². The topological polar surface area (TPSA) is 0 Å². The van der Waals surface area contributed by atoms with Gasteiger partial charge in [-0.25, -0.2) is 0 Å². The minimum absolute atomic E-state index is 0.585. The minimum Gasteiger partial charge on any atom is -0.103 e. The lowest BCUT2D eigenvalue weighted by molar-refractivity contribution is 0.210. The van der Waals surface area contributed by atoms with E-state index in [4.69, 9.17) is 0 Å². The van der Waals surface area contributed by atoms with Gasteiger partial charge in [-0.05, 0) is 31.1 Å². The van der Waals surface area contributed by atoms with Gasteiger partial charge in [-0.3, -0.25) is 0 Å². The van der Waals surface area contributed by atoms with Gasteiger partial charge in [0, 0.05) is 0 Å². The van der Waals surface area contributed by atoms with Crippen LogP contribution in [0, 0.1) is 5.41 Å². The Hall–Kier alpha value is -0.260. The van der Waals surface area contributed by atoms with Gasteiger partial charge in [-0.2, -0.15) is 0 Å². The van der Waals surface area contributed by atoms with Crippen LogP contribution in [0.2, 0.25) is 0 Å². The van der Waals surface area contributed by atoms with Gasteiger partial charge < -0.3 is 0 Å². The molecule has 0 aromatic rings. The van der Waals surface area contributed by atoms with Gasteiger partial charge in [-0.15, -0.1) is 6.58 Å². The maximum absolute atomic E-state index is 3.92. The molecule has 0 rings (SSSR count). The highest BCUT2D eigenvalue weighted by molar-refractivity contribution is 4.86. The number of rotatable bonds is 9. The summed E-state index contributed by atoms with van der Waals surface area (Å²) in [6.07, 6.45) is 12.8. The van der Waals surface area contributed by atoms with Crippen LogP contribution >= 0.6 is 0 Å². The van der Waals surface area contributed by atoms with Crippen LogP contribution < -0.4 is 0 Å². The molecule has 0 saturated heterocycles. The van der Waals surface area contributed by atoms with Crippen LogP contribution in [0.3, 0.4) is 0 Å². The smallest absolute Gasteiger partial charge is 0.0263 e. The fraction of sp³-hybridized carbons (Fsp3) is 0.857. The standard InChI is InChI=1S/C14H28/c1-5-9-13-14(10-6-2,11-7-3)12-8-4/h6H,2,5,7-13H2,1,3-4H3. The molecule has 84 valence electrons. The van der Waals surface area contributed by atoms with Crippen molar-refractivity contribution in [2.24, 2.45) is 5.41 Å². The highest BCUT2D eigenvalue weighted by Gasteiger charge is 2.25. The quantitative estimate of drug-likeness (QED) is 0.437. The average Bonchev–Trinajstić information content (AvgIpc) is 2.16. The molecule has 0 bridgehead atoms. The Morgan fingerprint density at radius 1 is 0.929 bits per heavy atom. The third-order valence-corrected chi connectivity index (χ3v) is 3.20. The molecule has 0 unspecified atom stereocenters. The van der Waals surface area contributed by atoms with Crippen LogP contribution in [0.5, 0.6) is 0 Å². The molecular formula is C14H28. The van der Waals surface area contributed by atoms with Gasteiger partial charge in [0.05, 0.1) is 0 Å². The SMILES string of the molecule is C=CCC(CCC)(CCC)CCCC. The van der Waals surface area contributed by atoms with Gasteiger partial charge in [0.15, 0.2) is 0 Å². The number of allylic oxidation sites excluding steroid dienone is 1. The van der Waals surface area contributed by atoms with Crippen LogP contribution in [0.4, 0.5) is 0 Å². The van der Waals surface area contributed by atoms with Crippen LogP contribution in [0.15, 0.2) is 12.7 Å². The van der Waals surface area contributed by atoms with Gasteiger partial charge in [0.1, 0.15) is 0 Å². The third-order valence-electron chi connectivity index (χ3n) is 3.20. The molecule has 0 aliphatic carbocycles. The largest absolute Gasteiger partial charge is 0.103 e. The first-order chi connectivity index (χ1) is 6.74. The van der Waals surface area contributed by atoms with E-state index in [2.05, 4.69) is 33.4 Å². The first kappa shape index (κ1) is 13.7. The lowest BCUT2D eigenvalue weighted by atomic mass is 9.73. The summed E-state index contributed by atoms with van der Waals surface area (Å²) in [5.74, 6) is 0. The fourth-order valence-electron chi connectivity index (χ4n) is 2.60. The zero-order valence-corrected chi connectivity index (χ0v) is 10.4. The van der Waals surface area contributed by atoms with Gasteiger partial charge in [0.25, 0.3) is 0 Å². The Labute approximate surface area is 90.8 Å². The van der Waals surface area contributed by atoms with E-state index in [1.807, 2.05) is 0 Å². The second-order valence-corrected chi connectivity index (χ2v) is 4.60. The third kappa shape index (κ3) is 4.83. The van der Waals surface area contributed by atoms with Crippen molar-refractivity contribution in [2.45, 2.75) is 72.1 Å². The second-order valence-electron chi connectivity index (χ2n) is 4.60. The van der Waals surface area contributed by atoms with Crippen molar-refractivity contribution in [3.05, 3.63) is 12.7 Å². The molecule has 0 aliphatic heterocycles. The van der Waals surface area contributed by atoms with Gasteiger partial charge >= 0.3 is 0 Å². The molecule has 14 heavy (non-hydrogen) atoms. The zero-order chi connectivity index (χ0) is 10.9. The highest BCUT2D eigenvalue weighted by atomic mass is 14.3. The van der Waals surface area contributed by atoms with E-state index in [0.29, 0.717) is 5.41 Å². The number of hydrogen-bond donors (Lipinski definition) is 0.